The van der Waals surface area contributed by atoms with Gasteiger partial charge in [0.25, 0.3) is 0 Å². The van der Waals surface area contributed by atoms with Crippen molar-refractivity contribution in [2.24, 2.45) is 0 Å². The molecular weight excluding hydrogens is 392 g/mol. The molecule has 3 atom stereocenters. The van der Waals surface area contributed by atoms with Gasteiger partial charge in [-0.1, -0.05) is 11.3 Å². The smallest absolute Gasteiger partial charge is 0.477 e. The van der Waals surface area contributed by atoms with Crippen molar-refractivity contribution in [2.45, 2.75) is 51.7 Å². The van der Waals surface area contributed by atoms with E-state index in [0.29, 0.717) is 11.3 Å². The summed E-state index contributed by atoms with van der Waals surface area (Å²) < 4.78 is 22.7. The number of nitrogen functional groups attached to an aromatic ring is 1. The van der Waals surface area contributed by atoms with Gasteiger partial charge in [0, 0.05) is 6.42 Å². The number of anilines is 1. The maximum Gasteiger partial charge on any atom is 0.508 e. The van der Waals surface area contributed by atoms with Crippen LogP contribution in [-0.2, 0) is 14.2 Å². The van der Waals surface area contributed by atoms with Gasteiger partial charge in [-0.2, -0.15) is 9.97 Å². The molecule has 1 fully saturated rings. The van der Waals surface area contributed by atoms with E-state index in [2.05, 4.69) is 9.97 Å². The zero-order valence-corrected chi connectivity index (χ0v) is 16.5. The van der Waals surface area contributed by atoms with Crippen LogP contribution < -0.4 is 15.3 Å². The van der Waals surface area contributed by atoms with E-state index < -0.39 is 29.5 Å². The molecule has 12 heteroatoms. The van der Waals surface area contributed by atoms with Crippen molar-refractivity contribution < 1.29 is 28.8 Å². The molecule has 2 aromatic heterocycles. The summed E-state index contributed by atoms with van der Waals surface area (Å²) in [7, 11) is 0. The molecule has 28 heavy (non-hydrogen) atoms. The Morgan fingerprint density at radius 1 is 1.46 bits per heavy atom. The number of fused-ring (bicyclic) bond motifs is 1. The van der Waals surface area contributed by atoms with Gasteiger partial charge in [0.2, 0.25) is 11.8 Å². The molecule has 3 rings (SSSR count). The van der Waals surface area contributed by atoms with Crippen LogP contribution in [0.3, 0.4) is 0 Å². The number of carbonyl (C=O) groups is 1. The first-order valence-corrected chi connectivity index (χ1v) is 9.60. The van der Waals surface area contributed by atoms with Gasteiger partial charge in [0.05, 0.1) is 18.8 Å². The highest BCUT2D eigenvalue weighted by atomic mass is 32.1. The van der Waals surface area contributed by atoms with E-state index in [0.717, 1.165) is 11.3 Å². The number of aliphatic hydroxyl groups is 1. The molecule has 0 aliphatic carbocycles. The molecule has 154 valence electrons. The molecule has 1 aliphatic heterocycles. The van der Waals surface area contributed by atoms with Crippen LogP contribution in [-0.4, -0.2) is 57.3 Å². The van der Waals surface area contributed by atoms with Crippen LogP contribution in [0.1, 0.15) is 33.4 Å². The third-order valence-corrected chi connectivity index (χ3v) is 4.80. The lowest BCUT2D eigenvalue weighted by Crippen LogP contribution is -2.27. The van der Waals surface area contributed by atoms with Crippen molar-refractivity contribution in [1.82, 2.24) is 14.5 Å². The Morgan fingerprint density at radius 3 is 2.89 bits per heavy atom. The van der Waals surface area contributed by atoms with Crippen molar-refractivity contribution in [3.05, 3.63) is 9.67 Å². The summed E-state index contributed by atoms with van der Waals surface area (Å²) in [5, 5.41) is 10.4. The minimum Gasteiger partial charge on any atom is -0.477 e. The molecule has 0 bridgehead atoms. The molecule has 11 nitrogen and oxygen atoms in total. The van der Waals surface area contributed by atoms with Crippen LogP contribution in [0.2, 0.25) is 0 Å². The lowest BCUT2D eigenvalue weighted by atomic mass is 10.2. The molecular formula is C16H22N4O7S. The Bertz CT molecular complexity index is 912. The fraction of sp³-hybridized carbons (Fsp3) is 0.625. The van der Waals surface area contributed by atoms with E-state index in [1.165, 1.54) is 4.57 Å². The van der Waals surface area contributed by atoms with Crippen LogP contribution >= 0.6 is 11.3 Å². The predicted octanol–water partition coefficient (Wildman–Crippen LogP) is 1.04. The van der Waals surface area contributed by atoms with E-state index in [4.69, 9.17) is 24.7 Å². The quantitative estimate of drug-likeness (QED) is 0.657. The van der Waals surface area contributed by atoms with Gasteiger partial charge in [0.15, 0.2) is 11.9 Å². The lowest BCUT2D eigenvalue weighted by molar-refractivity contribution is -0.0596. The average molecular weight is 414 g/mol. The summed E-state index contributed by atoms with van der Waals surface area (Å²) in [5.41, 5.74) is 5.95. The number of hydrogen-bond acceptors (Lipinski definition) is 11. The third-order valence-electron chi connectivity index (χ3n) is 3.87. The van der Waals surface area contributed by atoms with Gasteiger partial charge in [-0.25, -0.2) is 4.79 Å². The third kappa shape index (κ3) is 4.18. The minimum atomic E-state index is -1.00. The molecule has 3 N–H and O–H groups in total. The summed E-state index contributed by atoms with van der Waals surface area (Å²) in [4.78, 5) is 31.8. The fourth-order valence-corrected chi connectivity index (χ4v) is 3.72. The summed E-state index contributed by atoms with van der Waals surface area (Å²) in [6.07, 6.45) is -3.57. The first-order valence-electron chi connectivity index (χ1n) is 8.78. The summed E-state index contributed by atoms with van der Waals surface area (Å²) in [6, 6.07) is 0. The van der Waals surface area contributed by atoms with E-state index in [9.17, 15) is 14.7 Å². The number of rotatable bonds is 6. The second-order valence-corrected chi connectivity index (χ2v) is 7.35. The van der Waals surface area contributed by atoms with Gasteiger partial charge < -0.3 is 29.8 Å². The fourth-order valence-electron chi connectivity index (χ4n) is 2.83. The highest BCUT2D eigenvalue weighted by Crippen LogP contribution is 2.34. The lowest BCUT2D eigenvalue weighted by Gasteiger charge is -2.17. The maximum absolute atomic E-state index is 12.6. The van der Waals surface area contributed by atoms with Gasteiger partial charge in [-0.15, -0.1) is 0 Å². The zero-order chi connectivity index (χ0) is 20.4. The minimum absolute atomic E-state index is 0.0636. The standard InChI is InChI=1S/C16H22N4O7S/c1-4-24-12-10-11(18-14(17)19-12)20(15(22)28-10)13-9(21)5-8(27-13)6-25-16(23)26-7(2)3/h7-9,13,21H,4-6H2,1-3H3,(H2,17,18,19)/t8-,9+,13+/m0/s1. The molecule has 1 saturated heterocycles. The zero-order valence-electron chi connectivity index (χ0n) is 15.7. The van der Waals surface area contributed by atoms with Crippen LogP contribution in [0, 0.1) is 0 Å². The Hall–Kier alpha value is -2.44. The summed E-state index contributed by atoms with van der Waals surface area (Å²) in [6.45, 7) is 5.41. The van der Waals surface area contributed by atoms with Crippen molar-refractivity contribution in [3.63, 3.8) is 0 Å². The molecule has 1 aliphatic rings. The summed E-state index contributed by atoms with van der Waals surface area (Å²) >= 11 is 0.875. The molecule has 0 saturated carbocycles. The predicted molar refractivity (Wildman–Crippen MR) is 99.4 cm³/mol. The SMILES string of the molecule is CCOc1nc(N)nc2c1sc(=O)n2[C@@H]1O[C@H](COC(=O)OC(C)C)C[C@H]1O. The second kappa shape index (κ2) is 8.29. The van der Waals surface area contributed by atoms with Gasteiger partial charge in [-0.3, -0.25) is 9.36 Å². The van der Waals surface area contributed by atoms with Gasteiger partial charge >= 0.3 is 11.0 Å². The molecule has 3 heterocycles. The number of thiazole rings is 1. The Labute approximate surface area is 164 Å². The normalized spacial score (nSPS) is 22.0. The molecule has 0 spiro atoms. The number of hydrogen-bond donors (Lipinski definition) is 2. The monoisotopic (exact) mass is 414 g/mol. The Morgan fingerprint density at radius 2 is 2.21 bits per heavy atom. The molecule has 0 aromatic carbocycles. The van der Waals surface area contributed by atoms with Crippen LogP contribution in [0.5, 0.6) is 5.88 Å². The summed E-state index contributed by atoms with van der Waals surface area (Å²) in [5.74, 6) is 0.140. The number of nitrogens with two attached hydrogens (primary N) is 1. The number of nitrogens with zero attached hydrogens (tertiary/aromatic N) is 3. The van der Waals surface area contributed by atoms with Crippen LogP contribution in [0.4, 0.5) is 10.7 Å². The molecule has 2 aromatic rings. The average Bonchev–Trinajstić information content (AvgIpc) is 3.11. The van der Waals surface area contributed by atoms with E-state index in [1.54, 1.807) is 20.8 Å². The number of aliphatic hydroxyl groups excluding tert-OH is 1. The largest absolute Gasteiger partial charge is 0.508 e. The number of carbonyl (C=O) groups excluding carboxylic acids is 1. The van der Waals surface area contributed by atoms with E-state index in [1.807, 2.05) is 0 Å². The number of ether oxygens (including phenoxy) is 4. The Kier molecular flexibility index (Phi) is 6.01. The maximum atomic E-state index is 12.6. The van der Waals surface area contributed by atoms with Gasteiger partial charge in [0.1, 0.15) is 17.4 Å². The topological polar surface area (TPSA) is 148 Å². The van der Waals surface area contributed by atoms with E-state index in [-0.39, 0.29) is 36.6 Å². The molecule has 0 unspecified atom stereocenters. The number of aromatic nitrogens is 3. The second-order valence-electron chi connectivity index (χ2n) is 6.39. The molecule has 0 radical (unpaired) electrons. The van der Waals surface area contributed by atoms with Crippen molar-refractivity contribution in [3.8, 4) is 5.88 Å². The highest BCUT2D eigenvalue weighted by Gasteiger charge is 2.38. The first kappa shape index (κ1) is 20.3. The van der Waals surface area contributed by atoms with Crippen LogP contribution in [0.15, 0.2) is 4.79 Å². The molecule has 0 amide bonds. The first-order chi connectivity index (χ1) is 13.3. The highest BCUT2D eigenvalue weighted by molar-refractivity contribution is 7.16. The Balaban J connectivity index is 1.82. The van der Waals surface area contributed by atoms with Crippen LogP contribution in [0.25, 0.3) is 10.3 Å². The van der Waals surface area contributed by atoms with Crippen molar-refractivity contribution in [2.75, 3.05) is 18.9 Å². The van der Waals surface area contributed by atoms with E-state index >= 15 is 0 Å². The van der Waals surface area contributed by atoms with Crippen molar-refractivity contribution >= 4 is 33.8 Å². The van der Waals surface area contributed by atoms with Crippen molar-refractivity contribution in [1.29, 1.82) is 0 Å². The van der Waals surface area contributed by atoms with Gasteiger partial charge in [-0.05, 0) is 20.8 Å².